The first-order valence-corrected chi connectivity index (χ1v) is 6.78. The molecule has 2 N–H and O–H groups in total. The molecule has 5 heteroatoms. The fourth-order valence-corrected chi connectivity index (χ4v) is 2.95. The number of nitrogens with two attached hydrogens (primary N) is 1. The molecular formula is C14H18N4O. The van der Waals surface area contributed by atoms with Crippen LogP contribution in [0.2, 0.25) is 0 Å². The molecule has 2 aromatic rings. The number of aromatic nitrogens is 3. The summed E-state index contributed by atoms with van der Waals surface area (Å²) in [6.07, 6.45) is 8.76. The number of aryl methyl sites for hydroxylation is 1. The molecule has 19 heavy (non-hydrogen) atoms. The lowest BCUT2D eigenvalue weighted by Crippen LogP contribution is -2.07. The predicted octanol–water partition coefficient (Wildman–Crippen LogP) is 2.41. The molecule has 0 aromatic carbocycles. The molecule has 0 bridgehead atoms. The Kier molecular flexibility index (Phi) is 2.97. The van der Waals surface area contributed by atoms with Crippen molar-refractivity contribution in [2.24, 2.45) is 7.05 Å². The number of hydrogen-bond acceptors (Lipinski definition) is 4. The maximum absolute atomic E-state index is 11.2. The first-order valence-electron chi connectivity index (χ1n) is 6.78. The Morgan fingerprint density at radius 1 is 1.37 bits per heavy atom. The van der Waals surface area contributed by atoms with Crippen LogP contribution in [0.5, 0.6) is 0 Å². The summed E-state index contributed by atoms with van der Waals surface area (Å²) in [6.45, 7) is 0. The van der Waals surface area contributed by atoms with E-state index in [0.717, 1.165) is 12.0 Å². The van der Waals surface area contributed by atoms with Crippen molar-refractivity contribution in [3.63, 3.8) is 0 Å². The van der Waals surface area contributed by atoms with E-state index in [9.17, 15) is 4.79 Å². The van der Waals surface area contributed by atoms with Crippen molar-refractivity contribution in [3.8, 4) is 0 Å². The van der Waals surface area contributed by atoms with Crippen molar-refractivity contribution >= 4 is 23.3 Å². The summed E-state index contributed by atoms with van der Waals surface area (Å²) in [7, 11) is 1.81. The molecule has 1 saturated carbocycles. The number of rotatable bonds is 2. The molecule has 1 aliphatic carbocycles. The highest BCUT2D eigenvalue weighted by Gasteiger charge is 2.20. The molecule has 0 radical (unpaired) electrons. The quantitative estimate of drug-likeness (QED) is 0.839. The van der Waals surface area contributed by atoms with Gasteiger partial charge in [-0.1, -0.05) is 19.3 Å². The lowest BCUT2D eigenvalue weighted by Gasteiger charge is -2.20. The van der Waals surface area contributed by atoms with Crippen LogP contribution in [0.3, 0.4) is 0 Å². The lowest BCUT2D eigenvalue weighted by molar-refractivity contribution is 0.112. The van der Waals surface area contributed by atoms with Crippen LogP contribution < -0.4 is 5.73 Å². The van der Waals surface area contributed by atoms with Crippen molar-refractivity contribution in [1.82, 2.24) is 14.5 Å². The first-order chi connectivity index (χ1) is 9.22. The number of fused-ring (bicyclic) bond motifs is 1. The van der Waals surface area contributed by atoms with E-state index < -0.39 is 0 Å². The fourth-order valence-electron chi connectivity index (χ4n) is 2.95. The zero-order chi connectivity index (χ0) is 13.4. The Hall–Kier alpha value is -1.91. The second kappa shape index (κ2) is 4.64. The van der Waals surface area contributed by atoms with E-state index in [1.807, 2.05) is 6.20 Å². The number of carbonyl (C=O) groups excluding carboxylic acids is 1. The Morgan fingerprint density at radius 2 is 2.11 bits per heavy atom. The molecule has 0 aliphatic heterocycles. The average Bonchev–Trinajstić information content (AvgIpc) is 2.71. The van der Waals surface area contributed by atoms with E-state index in [1.54, 1.807) is 11.6 Å². The van der Waals surface area contributed by atoms with E-state index >= 15 is 0 Å². The third-order valence-corrected chi connectivity index (χ3v) is 4.12. The first kappa shape index (κ1) is 12.1. The maximum Gasteiger partial charge on any atom is 0.160 e. The van der Waals surface area contributed by atoms with Crippen molar-refractivity contribution in [2.75, 3.05) is 5.73 Å². The molecule has 2 aromatic heterocycles. The van der Waals surface area contributed by atoms with Gasteiger partial charge in [0.15, 0.2) is 11.9 Å². The lowest BCUT2D eigenvalue weighted by atomic mass is 9.87. The van der Waals surface area contributed by atoms with Gasteiger partial charge >= 0.3 is 0 Å². The van der Waals surface area contributed by atoms with E-state index in [4.69, 9.17) is 5.73 Å². The third-order valence-electron chi connectivity index (χ3n) is 4.12. The molecule has 3 rings (SSSR count). The summed E-state index contributed by atoms with van der Waals surface area (Å²) in [4.78, 5) is 20.3. The number of anilines is 1. The maximum atomic E-state index is 11.2. The molecule has 0 atom stereocenters. The number of aldehydes is 1. The molecule has 100 valence electrons. The van der Waals surface area contributed by atoms with Gasteiger partial charge in [-0.2, -0.15) is 0 Å². The fraction of sp³-hybridized carbons (Fsp3) is 0.500. The Balaban J connectivity index is 2.11. The van der Waals surface area contributed by atoms with Gasteiger partial charge in [-0.15, -0.1) is 0 Å². The number of carbonyl (C=O) groups is 1. The second-order valence-electron chi connectivity index (χ2n) is 5.28. The van der Waals surface area contributed by atoms with E-state index in [2.05, 4.69) is 9.97 Å². The Morgan fingerprint density at radius 3 is 2.79 bits per heavy atom. The van der Waals surface area contributed by atoms with Crippen LogP contribution in [-0.4, -0.2) is 20.8 Å². The van der Waals surface area contributed by atoms with Crippen LogP contribution in [0.15, 0.2) is 6.20 Å². The minimum Gasteiger partial charge on any atom is -0.384 e. The average molecular weight is 258 g/mol. The van der Waals surface area contributed by atoms with Crippen LogP contribution in [0, 0.1) is 0 Å². The SMILES string of the molecule is Cn1c(N)c(C=O)c2nc(C3CCCCC3)cnc21. The summed E-state index contributed by atoms with van der Waals surface area (Å²) in [5, 5.41) is 0. The predicted molar refractivity (Wildman–Crippen MR) is 74.1 cm³/mol. The molecule has 1 fully saturated rings. The van der Waals surface area contributed by atoms with E-state index in [-0.39, 0.29) is 0 Å². The standard InChI is InChI=1S/C14H18N4O/c1-18-13(15)10(8-19)12-14(18)16-7-11(17-12)9-5-3-2-4-6-9/h7-9H,2-6,15H2,1H3. The third kappa shape index (κ3) is 1.89. The molecule has 0 amide bonds. The number of nitrogens with zero attached hydrogens (tertiary/aromatic N) is 3. The number of hydrogen-bond donors (Lipinski definition) is 1. The molecule has 0 unspecified atom stereocenters. The smallest absolute Gasteiger partial charge is 0.160 e. The highest BCUT2D eigenvalue weighted by Crippen LogP contribution is 2.32. The summed E-state index contributed by atoms with van der Waals surface area (Å²) in [5.74, 6) is 0.914. The van der Waals surface area contributed by atoms with Crippen LogP contribution in [0.25, 0.3) is 11.2 Å². The molecule has 0 saturated heterocycles. The Bertz CT molecular complexity index is 626. The van der Waals surface area contributed by atoms with Crippen molar-refractivity contribution in [2.45, 2.75) is 38.0 Å². The summed E-state index contributed by atoms with van der Waals surface area (Å²) < 4.78 is 1.72. The van der Waals surface area contributed by atoms with Gasteiger partial charge in [0.05, 0.1) is 17.5 Å². The van der Waals surface area contributed by atoms with Gasteiger partial charge in [-0.05, 0) is 12.8 Å². The Labute approximate surface area is 111 Å². The molecular weight excluding hydrogens is 240 g/mol. The van der Waals surface area contributed by atoms with Crippen molar-refractivity contribution < 1.29 is 4.79 Å². The van der Waals surface area contributed by atoms with Gasteiger partial charge in [0, 0.05) is 13.0 Å². The van der Waals surface area contributed by atoms with Gasteiger partial charge in [-0.25, -0.2) is 9.97 Å². The minimum absolute atomic E-state index is 0.436. The van der Waals surface area contributed by atoms with Crippen molar-refractivity contribution in [3.05, 3.63) is 17.5 Å². The van der Waals surface area contributed by atoms with Crippen LogP contribution >= 0.6 is 0 Å². The highest BCUT2D eigenvalue weighted by atomic mass is 16.1. The molecule has 0 spiro atoms. The summed E-state index contributed by atoms with van der Waals surface area (Å²) >= 11 is 0. The normalized spacial score (nSPS) is 16.9. The van der Waals surface area contributed by atoms with Crippen LogP contribution in [0.1, 0.15) is 54.1 Å². The summed E-state index contributed by atoms with van der Waals surface area (Å²) in [6, 6.07) is 0. The highest BCUT2D eigenvalue weighted by molar-refractivity contribution is 5.99. The van der Waals surface area contributed by atoms with E-state index in [1.165, 1.54) is 32.1 Å². The second-order valence-corrected chi connectivity index (χ2v) is 5.28. The van der Waals surface area contributed by atoms with E-state index in [0.29, 0.717) is 28.5 Å². The molecule has 5 nitrogen and oxygen atoms in total. The monoisotopic (exact) mass is 258 g/mol. The van der Waals surface area contributed by atoms with Gasteiger partial charge in [0.2, 0.25) is 0 Å². The topological polar surface area (TPSA) is 73.8 Å². The van der Waals surface area contributed by atoms with Crippen LogP contribution in [-0.2, 0) is 7.05 Å². The minimum atomic E-state index is 0.436. The van der Waals surface area contributed by atoms with Gasteiger partial charge in [0.25, 0.3) is 0 Å². The van der Waals surface area contributed by atoms with Crippen molar-refractivity contribution in [1.29, 1.82) is 0 Å². The zero-order valence-electron chi connectivity index (χ0n) is 11.1. The largest absolute Gasteiger partial charge is 0.384 e. The summed E-state index contributed by atoms with van der Waals surface area (Å²) in [5.41, 5.74) is 8.68. The zero-order valence-corrected chi connectivity index (χ0v) is 11.1. The molecule has 2 heterocycles. The molecule has 1 aliphatic rings. The number of nitrogen functional groups attached to an aromatic ring is 1. The van der Waals surface area contributed by atoms with Gasteiger partial charge in [-0.3, -0.25) is 4.79 Å². The van der Waals surface area contributed by atoms with Crippen LogP contribution in [0.4, 0.5) is 5.82 Å². The van der Waals surface area contributed by atoms with Gasteiger partial charge < -0.3 is 10.3 Å². The van der Waals surface area contributed by atoms with Gasteiger partial charge in [0.1, 0.15) is 11.3 Å².